The van der Waals surface area contributed by atoms with Crippen molar-refractivity contribution in [2.75, 3.05) is 51.7 Å². The molecule has 6 heterocycles. The second kappa shape index (κ2) is 30.3. The highest BCUT2D eigenvalue weighted by atomic mass is 35.5. The molecular weight excluding hydrogens is 1150 g/mol. The summed E-state index contributed by atoms with van der Waals surface area (Å²) in [4.78, 5) is 24.6. The van der Waals surface area contributed by atoms with E-state index in [1.54, 1.807) is 27.4 Å². The van der Waals surface area contributed by atoms with Crippen molar-refractivity contribution in [1.82, 2.24) is 59.7 Å². The lowest BCUT2D eigenvalue weighted by Crippen LogP contribution is -2.38. The van der Waals surface area contributed by atoms with E-state index < -0.39 is 23.3 Å². The summed E-state index contributed by atoms with van der Waals surface area (Å²) in [6.07, 6.45) is 0. The van der Waals surface area contributed by atoms with Crippen LogP contribution in [-0.2, 0) is 22.9 Å². The molecule has 9 aromatic rings. The molecule has 0 unspecified atom stereocenters. The van der Waals surface area contributed by atoms with Gasteiger partial charge in [0.05, 0.1) is 55.4 Å². The predicted molar refractivity (Wildman–Crippen MR) is 348 cm³/mol. The van der Waals surface area contributed by atoms with E-state index in [9.17, 15) is 10.0 Å². The number of nitrogen functional groups attached to an aromatic ring is 3. The van der Waals surface area contributed by atoms with E-state index in [0.29, 0.717) is 35.3 Å². The number of aromatic nitrogens is 12. The van der Waals surface area contributed by atoms with Gasteiger partial charge in [0.25, 0.3) is 0 Å². The molecule has 0 spiro atoms. The quantitative estimate of drug-likeness (QED) is 0.0249. The first-order valence-electron chi connectivity index (χ1n) is 27.8. The van der Waals surface area contributed by atoms with Crippen molar-refractivity contribution in [1.29, 1.82) is 0 Å². The van der Waals surface area contributed by atoms with E-state index in [1.807, 2.05) is 131 Å². The molecule has 0 atom stereocenters. The van der Waals surface area contributed by atoms with Crippen molar-refractivity contribution < 1.29 is 33.7 Å². The fourth-order valence-electron chi connectivity index (χ4n) is 8.87. The summed E-state index contributed by atoms with van der Waals surface area (Å²) in [6.45, 7) is 27.3. The predicted octanol–water partition coefficient (Wildman–Crippen LogP) is 10.1. The lowest BCUT2D eigenvalue weighted by Gasteiger charge is -2.16. The van der Waals surface area contributed by atoms with E-state index in [-0.39, 0.29) is 24.6 Å². The van der Waals surface area contributed by atoms with Gasteiger partial charge in [-0.05, 0) is 125 Å². The van der Waals surface area contributed by atoms with Crippen LogP contribution in [0.5, 0.6) is 17.2 Å². The monoisotopic (exact) mass is 1230 g/mol. The topological polar surface area (TPSA) is 306 Å². The Morgan fingerprint density at radius 3 is 1.35 bits per heavy atom. The summed E-state index contributed by atoms with van der Waals surface area (Å²) in [5.41, 5.74) is 31.0. The number of aryl methyl sites for hydroxylation is 6. The number of H-pyrrole nitrogens is 1. The van der Waals surface area contributed by atoms with Gasteiger partial charge in [0.2, 0.25) is 17.8 Å². The molecule has 86 heavy (non-hydrogen) atoms. The number of aromatic amines is 1. The second-order valence-corrected chi connectivity index (χ2v) is 34.3. The number of nitrogens with one attached hydrogen (secondary N) is 1. The molecule has 9 rings (SSSR count). The van der Waals surface area contributed by atoms with Crippen LogP contribution < -0.4 is 37.0 Å². The minimum absolute atomic E-state index is 0.203. The van der Waals surface area contributed by atoms with Crippen LogP contribution in [0.15, 0.2) is 91.0 Å². The van der Waals surface area contributed by atoms with Crippen LogP contribution >= 0.6 is 11.6 Å². The number of hydrogen-bond donors (Lipinski definition) is 6. The van der Waals surface area contributed by atoms with Gasteiger partial charge in [-0.25, -0.2) is 39.3 Å². The third kappa shape index (κ3) is 19.2. The smallest absolute Gasteiger partial charge is 0.497 e. The number of nitrogens with zero attached hydrogens (tertiary/aromatic N) is 11. The molecule has 456 valence electrons. The molecular formula is C60H81BClN15O7Si2. The van der Waals surface area contributed by atoms with E-state index in [1.165, 1.54) is 4.68 Å². The number of halogens is 1. The van der Waals surface area contributed by atoms with Crippen molar-refractivity contribution >= 4 is 58.3 Å². The molecule has 3 aromatic carbocycles. The Hall–Kier alpha value is -8.04. The standard InChI is InChI=1S/C22H31N5O2Si.C17H27BN2O4Si.C16H17N5O.C5H6ClN3/c1-15-13-19(25-22(23)24-15)21-20(17-7-9-18(28-3)10-8-17)16(2)26-27(21)14-29-11-12-30(4,5)6;1-13-16(14-6-8-15(23-2)9-7-14)17(18(21)22)20(19-13)12-24-10-11-25(3,4)5;1-9-8-13(19-16(17)18-9)15-14(10(2)20-21-15)11-4-6-12(22-3)7-5-11;1-3-2-4(6)9-5(7)8-3/h7-10,13H,11-12,14H2,1-6H3,(H2,23,24,25);6-9,21-22H,10-12H2,1-5H3;4-8H,1-3H3,(H,20,21)(H2,17,18,19);2H,1H3,(H2,7,8,9). The number of rotatable bonds is 19. The number of nitrogens with two attached hydrogens (primary N) is 3. The summed E-state index contributed by atoms with van der Waals surface area (Å²) in [7, 11) is 0.971. The van der Waals surface area contributed by atoms with Crippen molar-refractivity contribution in [3.05, 3.63) is 130 Å². The van der Waals surface area contributed by atoms with E-state index in [4.69, 9.17) is 57.6 Å². The van der Waals surface area contributed by atoms with Gasteiger partial charge in [0.15, 0.2) is 0 Å². The average molecular weight is 1230 g/mol. The Labute approximate surface area is 511 Å². The zero-order valence-electron chi connectivity index (χ0n) is 51.9. The zero-order valence-corrected chi connectivity index (χ0v) is 54.7. The largest absolute Gasteiger partial charge is 0.508 e. The summed E-state index contributed by atoms with van der Waals surface area (Å²) >= 11 is 5.52. The maximum absolute atomic E-state index is 9.87. The summed E-state index contributed by atoms with van der Waals surface area (Å²) in [6, 6.07) is 30.8. The number of methoxy groups -OCH3 is 3. The highest BCUT2D eigenvalue weighted by molar-refractivity contribution is 6.76. The van der Waals surface area contributed by atoms with Gasteiger partial charge < -0.3 is 50.9 Å². The molecule has 0 amide bonds. The van der Waals surface area contributed by atoms with Crippen molar-refractivity contribution in [3.8, 4) is 73.4 Å². The first kappa shape index (κ1) is 67.1. The maximum atomic E-state index is 9.87. The van der Waals surface area contributed by atoms with Gasteiger partial charge in [0.1, 0.15) is 41.6 Å². The molecule has 0 bridgehead atoms. The number of anilines is 3. The fourth-order valence-corrected chi connectivity index (χ4v) is 10.6. The molecule has 0 fully saturated rings. The first-order valence-corrected chi connectivity index (χ1v) is 35.6. The summed E-state index contributed by atoms with van der Waals surface area (Å²) in [5.74, 6) is 3.08. The zero-order chi connectivity index (χ0) is 63.0. The number of ether oxygens (including phenoxy) is 5. The summed E-state index contributed by atoms with van der Waals surface area (Å²) < 4.78 is 30.8. The molecule has 0 aliphatic carbocycles. The van der Waals surface area contributed by atoms with Gasteiger partial charge in [-0.1, -0.05) is 87.3 Å². The van der Waals surface area contributed by atoms with Crippen LogP contribution in [0.25, 0.3) is 56.2 Å². The number of hydrogen-bond acceptors (Lipinski definition) is 19. The normalized spacial score (nSPS) is 11.2. The third-order valence-corrected chi connectivity index (χ3v) is 16.7. The van der Waals surface area contributed by atoms with Gasteiger partial charge >= 0.3 is 7.12 Å². The first-order chi connectivity index (χ1) is 40.7. The molecule has 0 saturated carbocycles. The Morgan fingerprint density at radius 2 is 0.919 bits per heavy atom. The minimum Gasteiger partial charge on any atom is -0.497 e. The van der Waals surface area contributed by atoms with Crippen molar-refractivity contribution in [2.45, 2.75) is 106 Å². The number of benzene rings is 3. The SMILES string of the molecule is COc1ccc(-c2c(-c3cc(C)nc(N)n3)n[nH]c2C)cc1.COc1ccc(-c2c(C)nn(COCC[Si](C)(C)C)c2-c2cc(C)nc(N)n2)cc1.COc1ccc(-c2c(C)nn(COCC[Si](C)(C)C)c2B(O)O)cc1.Cc1cc(Cl)nc(N)n1. The Morgan fingerprint density at radius 1 is 0.523 bits per heavy atom. The van der Waals surface area contributed by atoms with Crippen LogP contribution in [0.1, 0.15) is 34.2 Å². The Kier molecular flexibility index (Phi) is 23.7. The highest BCUT2D eigenvalue weighted by Gasteiger charge is 2.27. The minimum atomic E-state index is -1.63. The van der Waals surface area contributed by atoms with Crippen LogP contribution in [0.3, 0.4) is 0 Å². The third-order valence-electron chi connectivity index (χ3n) is 13.1. The van der Waals surface area contributed by atoms with Crippen LogP contribution in [0.2, 0.25) is 56.5 Å². The maximum Gasteiger partial charge on any atom is 0.508 e. The van der Waals surface area contributed by atoms with E-state index in [0.717, 1.165) is 115 Å². The Balaban J connectivity index is 0.000000194. The van der Waals surface area contributed by atoms with Crippen LogP contribution in [0.4, 0.5) is 17.8 Å². The Bertz CT molecular complexity index is 3560. The van der Waals surface area contributed by atoms with Crippen LogP contribution in [-0.4, -0.2) is 128 Å². The van der Waals surface area contributed by atoms with E-state index >= 15 is 0 Å². The molecule has 26 heteroatoms. The lowest BCUT2D eigenvalue weighted by molar-refractivity contribution is 0.0795. The van der Waals surface area contributed by atoms with Crippen LogP contribution in [0, 0.1) is 41.5 Å². The molecule has 0 radical (unpaired) electrons. The fraction of sp³-hybridized carbons (Fsp3) is 0.350. The van der Waals surface area contributed by atoms with E-state index in [2.05, 4.69) is 84.5 Å². The average Bonchev–Trinajstić information content (AvgIpc) is 1.70. The second-order valence-electron chi connectivity index (χ2n) is 22.7. The highest BCUT2D eigenvalue weighted by Crippen LogP contribution is 2.37. The van der Waals surface area contributed by atoms with Crippen molar-refractivity contribution in [2.24, 2.45) is 0 Å². The summed E-state index contributed by atoms with van der Waals surface area (Å²) in [5, 5.41) is 36.7. The lowest BCUT2D eigenvalue weighted by atomic mass is 9.80. The molecule has 0 aliphatic heterocycles. The molecule has 0 saturated heterocycles. The molecule has 0 aliphatic rings. The van der Waals surface area contributed by atoms with Gasteiger partial charge in [-0.2, -0.15) is 15.3 Å². The van der Waals surface area contributed by atoms with Gasteiger partial charge in [-0.3, -0.25) is 5.10 Å². The van der Waals surface area contributed by atoms with Gasteiger partial charge in [0, 0.05) is 68.8 Å². The van der Waals surface area contributed by atoms with Gasteiger partial charge in [-0.15, -0.1) is 0 Å². The molecule has 6 aromatic heterocycles. The molecule has 9 N–H and O–H groups in total. The van der Waals surface area contributed by atoms with Crippen molar-refractivity contribution in [3.63, 3.8) is 0 Å². The molecule has 22 nitrogen and oxygen atoms in total.